The Morgan fingerprint density at radius 1 is 1.50 bits per heavy atom. The smallest absolute Gasteiger partial charge is 0.291 e. The quantitative estimate of drug-likeness (QED) is 0.710. The van der Waals surface area contributed by atoms with Crippen molar-refractivity contribution in [2.45, 2.75) is 13.8 Å². The zero-order valence-electron chi connectivity index (χ0n) is 9.57. The van der Waals surface area contributed by atoms with Gasteiger partial charge in [-0.1, -0.05) is 0 Å². The van der Waals surface area contributed by atoms with E-state index in [0.29, 0.717) is 12.4 Å². The molecule has 1 heterocycles. The SMILES string of the molecule is CCN(C)C(=O)CNC(=O)c1n[nH]c(C)n1. The summed E-state index contributed by atoms with van der Waals surface area (Å²) in [5.74, 6) is -0.00286. The number of aromatic nitrogens is 3. The Balaban J connectivity index is 2.44. The maximum absolute atomic E-state index is 11.4. The van der Waals surface area contributed by atoms with Crippen molar-refractivity contribution in [2.75, 3.05) is 20.1 Å². The van der Waals surface area contributed by atoms with Crippen molar-refractivity contribution in [3.8, 4) is 0 Å². The molecule has 7 nitrogen and oxygen atoms in total. The van der Waals surface area contributed by atoms with E-state index in [1.54, 1.807) is 14.0 Å². The van der Waals surface area contributed by atoms with Gasteiger partial charge in [0.2, 0.25) is 11.7 Å². The summed E-state index contributed by atoms with van der Waals surface area (Å²) >= 11 is 0. The van der Waals surface area contributed by atoms with Crippen molar-refractivity contribution >= 4 is 11.8 Å². The number of likely N-dealkylation sites (N-methyl/N-ethyl adjacent to an activating group) is 1. The number of hydrogen-bond donors (Lipinski definition) is 2. The lowest BCUT2D eigenvalue weighted by molar-refractivity contribution is -0.128. The summed E-state index contributed by atoms with van der Waals surface area (Å²) in [5.41, 5.74) is 0. The zero-order valence-corrected chi connectivity index (χ0v) is 9.57. The summed E-state index contributed by atoms with van der Waals surface area (Å²) < 4.78 is 0. The van der Waals surface area contributed by atoms with Crippen LogP contribution in [0.1, 0.15) is 23.4 Å². The molecule has 0 aliphatic carbocycles. The maximum atomic E-state index is 11.4. The van der Waals surface area contributed by atoms with Gasteiger partial charge in [-0.2, -0.15) is 0 Å². The highest BCUT2D eigenvalue weighted by Gasteiger charge is 2.13. The van der Waals surface area contributed by atoms with Crippen LogP contribution in [-0.2, 0) is 4.79 Å². The third-order valence-corrected chi connectivity index (χ3v) is 2.10. The van der Waals surface area contributed by atoms with E-state index in [-0.39, 0.29) is 18.3 Å². The number of H-pyrrole nitrogens is 1. The van der Waals surface area contributed by atoms with E-state index in [2.05, 4.69) is 20.5 Å². The third-order valence-electron chi connectivity index (χ3n) is 2.10. The van der Waals surface area contributed by atoms with Gasteiger partial charge in [0.15, 0.2) is 0 Å². The van der Waals surface area contributed by atoms with Gasteiger partial charge in [0.25, 0.3) is 5.91 Å². The van der Waals surface area contributed by atoms with E-state index in [4.69, 9.17) is 0 Å². The van der Waals surface area contributed by atoms with E-state index in [9.17, 15) is 9.59 Å². The first-order chi connectivity index (χ1) is 7.54. The lowest BCUT2D eigenvalue weighted by Crippen LogP contribution is -2.38. The van der Waals surface area contributed by atoms with Crippen molar-refractivity contribution in [3.63, 3.8) is 0 Å². The van der Waals surface area contributed by atoms with Crippen molar-refractivity contribution in [1.29, 1.82) is 0 Å². The highest BCUT2D eigenvalue weighted by atomic mass is 16.2. The standard InChI is InChI=1S/C9H15N5O2/c1-4-14(3)7(15)5-10-9(16)8-11-6(2)12-13-8/h4-5H2,1-3H3,(H,10,16)(H,11,12,13). The van der Waals surface area contributed by atoms with Crippen LogP contribution in [0.4, 0.5) is 0 Å². The molecule has 0 aliphatic heterocycles. The van der Waals surface area contributed by atoms with Gasteiger partial charge in [-0.25, -0.2) is 4.98 Å². The molecule has 1 rings (SSSR count). The lowest BCUT2D eigenvalue weighted by Gasteiger charge is -2.14. The van der Waals surface area contributed by atoms with Crippen LogP contribution in [0.25, 0.3) is 0 Å². The van der Waals surface area contributed by atoms with Gasteiger partial charge >= 0.3 is 0 Å². The Labute approximate surface area is 93.2 Å². The number of aryl methyl sites for hydroxylation is 1. The molecule has 0 aromatic carbocycles. The Morgan fingerprint density at radius 3 is 2.69 bits per heavy atom. The van der Waals surface area contributed by atoms with Crippen LogP contribution in [-0.4, -0.2) is 52.0 Å². The molecule has 0 fully saturated rings. The fourth-order valence-corrected chi connectivity index (χ4v) is 0.991. The van der Waals surface area contributed by atoms with E-state index >= 15 is 0 Å². The molecule has 2 amide bonds. The molecule has 2 N–H and O–H groups in total. The molecule has 0 radical (unpaired) electrons. The number of amides is 2. The number of rotatable bonds is 4. The van der Waals surface area contributed by atoms with E-state index in [1.165, 1.54) is 4.90 Å². The molecule has 0 aliphatic rings. The minimum absolute atomic E-state index is 0.0449. The summed E-state index contributed by atoms with van der Waals surface area (Å²) in [7, 11) is 1.67. The van der Waals surface area contributed by atoms with Crippen LogP contribution in [0.5, 0.6) is 0 Å². The van der Waals surface area contributed by atoms with E-state index in [0.717, 1.165) is 0 Å². The van der Waals surface area contributed by atoms with Crippen LogP contribution in [0, 0.1) is 6.92 Å². The first-order valence-corrected chi connectivity index (χ1v) is 4.95. The molecule has 7 heteroatoms. The molecule has 0 atom stereocenters. The number of hydrogen-bond acceptors (Lipinski definition) is 4. The van der Waals surface area contributed by atoms with Crippen molar-refractivity contribution in [1.82, 2.24) is 25.4 Å². The molecular weight excluding hydrogens is 210 g/mol. The highest BCUT2D eigenvalue weighted by Crippen LogP contribution is 1.90. The van der Waals surface area contributed by atoms with E-state index < -0.39 is 5.91 Å². The molecular formula is C9H15N5O2. The summed E-state index contributed by atoms with van der Waals surface area (Å²) in [6.45, 7) is 4.11. The lowest BCUT2D eigenvalue weighted by atomic mass is 10.4. The molecule has 1 aromatic rings. The van der Waals surface area contributed by atoms with E-state index in [1.807, 2.05) is 6.92 Å². The van der Waals surface area contributed by atoms with Crippen LogP contribution in [0.15, 0.2) is 0 Å². The summed E-state index contributed by atoms with van der Waals surface area (Å²) in [5, 5.41) is 8.69. The first kappa shape index (κ1) is 12.2. The van der Waals surface area contributed by atoms with Crippen molar-refractivity contribution in [2.24, 2.45) is 0 Å². The fourth-order valence-electron chi connectivity index (χ4n) is 0.991. The number of nitrogens with zero attached hydrogens (tertiary/aromatic N) is 3. The molecule has 0 saturated heterocycles. The van der Waals surface area contributed by atoms with Crippen molar-refractivity contribution < 1.29 is 9.59 Å². The molecule has 1 aromatic heterocycles. The second kappa shape index (κ2) is 5.24. The summed E-state index contributed by atoms with van der Waals surface area (Å²) in [4.78, 5) is 28.2. The Kier molecular flexibility index (Phi) is 3.98. The Morgan fingerprint density at radius 2 is 2.19 bits per heavy atom. The van der Waals surface area contributed by atoms with Crippen LogP contribution in [0.2, 0.25) is 0 Å². The van der Waals surface area contributed by atoms with Crippen LogP contribution in [0.3, 0.4) is 0 Å². The largest absolute Gasteiger partial charge is 0.345 e. The monoisotopic (exact) mass is 225 g/mol. The van der Waals surface area contributed by atoms with Crippen LogP contribution >= 0.6 is 0 Å². The van der Waals surface area contributed by atoms with Crippen LogP contribution < -0.4 is 5.32 Å². The molecule has 0 spiro atoms. The second-order valence-corrected chi connectivity index (χ2v) is 3.34. The average Bonchev–Trinajstić information content (AvgIpc) is 2.71. The van der Waals surface area contributed by atoms with Gasteiger partial charge in [0.05, 0.1) is 6.54 Å². The van der Waals surface area contributed by atoms with Crippen molar-refractivity contribution in [3.05, 3.63) is 11.6 Å². The Bertz CT molecular complexity index is 387. The predicted octanol–water partition coefficient (Wildman–Crippen LogP) is -0.679. The number of carbonyl (C=O) groups is 2. The third kappa shape index (κ3) is 3.04. The zero-order chi connectivity index (χ0) is 12.1. The normalized spacial score (nSPS) is 9.94. The average molecular weight is 225 g/mol. The van der Waals surface area contributed by atoms with Gasteiger partial charge in [-0.15, -0.1) is 5.10 Å². The molecule has 0 unspecified atom stereocenters. The van der Waals surface area contributed by atoms with Gasteiger partial charge in [0, 0.05) is 13.6 Å². The molecule has 16 heavy (non-hydrogen) atoms. The van der Waals surface area contributed by atoms with Gasteiger partial charge in [0.1, 0.15) is 5.82 Å². The maximum Gasteiger partial charge on any atom is 0.291 e. The fraction of sp³-hybridized carbons (Fsp3) is 0.556. The summed E-state index contributed by atoms with van der Waals surface area (Å²) in [6, 6.07) is 0. The second-order valence-electron chi connectivity index (χ2n) is 3.34. The first-order valence-electron chi connectivity index (χ1n) is 4.95. The molecule has 0 saturated carbocycles. The number of nitrogens with one attached hydrogen (secondary N) is 2. The Hall–Kier alpha value is -1.92. The topological polar surface area (TPSA) is 91.0 Å². The molecule has 0 bridgehead atoms. The number of carbonyl (C=O) groups excluding carboxylic acids is 2. The summed E-state index contributed by atoms with van der Waals surface area (Å²) in [6.07, 6.45) is 0. The van der Waals surface area contributed by atoms with Gasteiger partial charge in [-0.3, -0.25) is 14.7 Å². The minimum Gasteiger partial charge on any atom is -0.345 e. The predicted molar refractivity (Wildman–Crippen MR) is 56.8 cm³/mol. The van der Waals surface area contributed by atoms with Gasteiger partial charge < -0.3 is 10.2 Å². The highest BCUT2D eigenvalue weighted by molar-refractivity contribution is 5.93. The number of aromatic amines is 1. The van der Waals surface area contributed by atoms with Gasteiger partial charge in [-0.05, 0) is 13.8 Å². The molecule has 88 valence electrons. The minimum atomic E-state index is -0.456.